The Bertz CT molecular complexity index is 350. The van der Waals surface area contributed by atoms with Gasteiger partial charge in [0.25, 0.3) is 0 Å². The summed E-state index contributed by atoms with van der Waals surface area (Å²) >= 11 is 0. The average Bonchev–Trinajstić information content (AvgIpc) is 2.67. The van der Waals surface area contributed by atoms with Crippen LogP contribution in [-0.2, 0) is 9.59 Å². The number of hydrogen-bond acceptors (Lipinski definition) is 4. The van der Waals surface area contributed by atoms with E-state index in [1.807, 2.05) is 0 Å². The molecule has 0 aliphatic carbocycles. The van der Waals surface area contributed by atoms with Gasteiger partial charge in [0, 0.05) is 13.0 Å². The van der Waals surface area contributed by atoms with Gasteiger partial charge in [0.2, 0.25) is 5.91 Å². The molecule has 6 N–H and O–H groups in total. The zero-order valence-corrected chi connectivity index (χ0v) is 18.5. The number of carbonyl (C=O) groups excluding carboxylic acids is 1. The van der Waals surface area contributed by atoms with E-state index in [1.165, 1.54) is 57.8 Å². The van der Waals surface area contributed by atoms with Gasteiger partial charge >= 0.3 is 5.97 Å². The van der Waals surface area contributed by atoms with E-state index in [9.17, 15) is 9.59 Å². The predicted molar refractivity (Wildman–Crippen MR) is 118 cm³/mol. The Balaban J connectivity index is 0. The van der Waals surface area contributed by atoms with Gasteiger partial charge in [-0.1, -0.05) is 71.6 Å². The number of carbonyl (C=O) groups is 2. The molecule has 0 saturated heterocycles. The van der Waals surface area contributed by atoms with Gasteiger partial charge in [-0.3, -0.25) is 9.59 Å². The predicted octanol–water partition coefficient (Wildman–Crippen LogP) is 4.35. The molecule has 0 heterocycles. The second kappa shape index (κ2) is 23.9. The molecule has 1 atom stereocenters. The number of carboxylic acid groups (broad SMARTS) is 1. The molecule has 168 valence electrons. The molecule has 0 fully saturated rings. The van der Waals surface area contributed by atoms with Crippen LogP contribution in [0.1, 0.15) is 110 Å². The van der Waals surface area contributed by atoms with E-state index in [4.69, 9.17) is 16.6 Å². The number of carboxylic acids is 1. The van der Waals surface area contributed by atoms with Crippen molar-refractivity contribution in [2.75, 3.05) is 13.1 Å². The van der Waals surface area contributed by atoms with Crippen molar-refractivity contribution in [2.45, 2.75) is 116 Å². The van der Waals surface area contributed by atoms with Crippen molar-refractivity contribution in [1.82, 2.24) is 5.32 Å². The average molecular weight is 402 g/mol. The summed E-state index contributed by atoms with van der Waals surface area (Å²) in [6.07, 6.45) is 16.2. The quantitative estimate of drug-likeness (QED) is 0.255. The number of nitrogens with one attached hydrogen (secondary N) is 1. The van der Waals surface area contributed by atoms with E-state index in [0.29, 0.717) is 19.4 Å². The molecule has 0 aromatic heterocycles. The second-order valence-corrected chi connectivity index (χ2v) is 7.51. The van der Waals surface area contributed by atoms with Gasteiger partial charge in [-0.25, -0.2) is 0 Å². The van der Waals surface area contributed by atoms with Crippen LogP contribution in [0.3, 0.4) is 0 Å². The highest BCUT2D eigenvalue weighted by Crippen LogP contribution is 2.10. The molecular weight excluding hydrogens is 354 g/mol. The topological polar surface area (TPSA) is 118 Å². The second-order valence-electron chi connectivity index (χ2n) is 7.51. The molecule has 1 amide bonds. The molecule has 0 rings (SSSR count). The van der Waals surface area contributed by atoms with Gasteiger partial charge in [-0.2, -0.15) is 0 Å². The number of hydrogen-bond donors (Lipinski definition) is 4. The third kappa shape index (κ3) is 24.9. The largest absolute Gasteiger partial charge is 0.480 e. The SMILES string of the molecule is CCCCCCCCCCCC(=O)NCCCC[C@H](N)C(=O)O.CCCCN. The normalized spacial score (nSPS) is 11.4. The van der Waals surface area contributed by atoms with Crippen molar-refractivity contribution >= 4 is 11.9 Å². The summed E-state index contributed by atoms with van der Waals surface area (Å²) in [5.41, 5.74) is 10.6. The number of nitrogens with two attached hydrogens (primary N) is 2. The Morgan fingerprint density at radius 3 is 1.82 bits per heavy atom. The van der Waals surface area contributed by atoms with E-state index in [1.54, 1.807) is 0 Å². The van der Waals surface area contributed by atoms with Crippen LogP contribution in [0, 0.1) is 0 Å². The number of amides is 1. The van der Waals surface area contributed by atoms with Crippen molar-refractivity contribution in [2.24, 2.45) is 11.5 Å². The lowest BCUT2D eigenvalue weighted by Gasteiger charge is -2.07. The van der Waals surface area contributed by atoms with Crippen LogP contribution in [0.15, 0.2) is 0 Å². The Kier molecular flexibility index (Phi) is 24.8. The highest BCUT2D eigenvalue weighted by Gasteiger charge is 2.10. The summed E-state index contributed by atoms with van der Waals surface area (Å²) in [7, 11) is 0. The molecule has 6 heteroatoms. The fraction of sp³-hybridized carbons (Fsp3) is 0.909. The van der Waals surface area contributed by atoms with Gasteiger partial charge in [0.1, 0.15) is 6.04 Å². The third-order valence-electron chi connectivity index (χ3n) is 4.65. The van der Waals surface area contributed by atoms with E-state index in [0.717, 1.165) is 32.2 Å². The van der Waals surface area contributed by atoms with Crippen molar-refractivity contribution in [3.05, 3.63) is 0 Å². The first-order valence-electron chi connectivity index (χ1n) is 11.4. The number of aliphatic carboxylic acids is 1. The van der Waals surface area contributed by atoms with Gasteiger partial charge < -0.3 is 21.9 Å². The first-order valence-corrected chi connectivity index (χ1v) is 11.4. The van der Waals surface area contributed by atoms with E-state index >= 15 is 0 Å². The molecule has 0 aliphatic heterocycles. The monoisotopic (exact) mass is 401 g/mol. The molecule has 6 nitrogen and oxygen atoms in total. The smallest absolute Gasteiger partial charge is 0.320 e. The van der Waals surface area contributed by atoms with Gasteiger partial charge in [0.05, 0.1) is 0 Å². The molecule has 0 aliphatic rings. The summed E-state index contributed by atoms with van der Waals surface area (Å²) in [5, 5.41) is 11.5. The van der Waals surface area contributed by atoms with Crippen LogP contribution in [0.2, 0.25) is 0 Å². The number of unbranched alkanes of at least 4 members (excludes halogenated alkanes) is 10. The Morgan fingerprint density at radius 1 is 0.821 bits per heavy atom. The molecule has 0 bridgehead atoms. The highest BCUT2D eigenvalue weighted by molar-refractivity contribution is 5.75. The summed E-state index contributed by atoms with van der Waals surface area (Å²) in [6, 6.07) is -0.785. The van der Waals surface area contributed by atoms with Gasteiger partial charge in [0.15, 0.2) is 0 Å². The van der Waals surface area contributed by atoms with Crippen LogP contribution < -0.4 is 16.8 Å². The Labute approximate surface area is 173 Å². The van der Waals surface area contributed by atoms with Gasteiger partial charge in [-0.05, 0) is 38.6 Å². The molecule has 28 heavy (non-hydrogen) atoms. The van der Waals surface area contributed by atoms with Crippen molar-refractivity contribution in [1.29, 1.82) is 0 Å². The molecule has 0 saturated carbocycles. The Morgan fingerprint density at radius 2 is 1.36 bits per heavy atom. The summed E-state index contributed by atoms with van der Waals surface area (Å²) < 4.78 is 0. The van der Waals surface area contributed by atoms with Crippen LogP contribution in [0.5, 0.6) is 0 Å². The molecule has 0 aromatic carbocycles. The van der Waals surface area contributed by atoms with Crippen LogP contribution in [-0.4, -0.2) is 36.1 Å². The molecule has 0 aromatic rings. The highest BCUT2D eigenvalue weighted by atomic mass is 16.4. The molecule has 0 spiro atoms. The molecule has 0 radical (unpaired) electrons. The van der Waals surface area contributed by atoms with Crippen molar-refractivity contribution in [3.63, 3.8) is 0 Å². The lowest BCUT2D eigenvalue weighted by Crippen LogP contribution is -2.30. The standard InChI is InChI=1S/C18H36N2O3.C4H11N/c1-2-3-4-5-6-7-8-9-10-14-17(21)20-15-12-11-13-16(19)18(22)23;1-2-3-4-5/h16H,2-15,19H2,1H3,(H,20,21)(H,22,23);2-5H2,1H3/t16-;/m0./s1. The number of rotatable bonds is 18. The maximum atomic E-state index is 11.6. The molecular formula is C22H47N3O3. The van der Waals surface area contributed by atoms with Crippen LogP contribution in [0.25, 0.3) is 0 Å². The van der Waals surface area contributed by atoms with E-state index in [2.05, 4.69) is 19.2 Å². The first kappa shape index (κ1) is 29.1. The van der Waals surface area contributed by atoms with Crippen LogP contribution in [0.4, 0.5) is 0 Å². The first-order chi connectivity index (χ1) is 13.5. The maximum Gasteiger partial charge on any atom is 0.320 e. The fourth-order valence-corrected chi connectivity index (χ4v) is 2.73. The third-order valence-corrected chi connectivity index (χ3v) is 4.65. The Hall–Kier alpha value is -1.14. The van der Waals surface area contributed by atoms with Crippen molar-refractivity contribution < 1.29 is 14.7 Å². The summed E-state index contributed by atoms with van der Waals surface area (Å²) in [4.78, 5) is 22.2. The van der Waals surface area contributed by atoms with Gasteiger partial charge in [-0.15, -0.1) is 0 Å². The molecule has 0 unspecified atom stereocenters. The van der Waals surface area contributed by atoms with Crippen LogP contribution >= 0.6 is 0 Å². The zero-order chi connectivity index (χ0) is 21.5. The fourth-order valence-electron chi connectivity index (χ4n) is 2.73. The summed E-state index contributed by atoms with van der Waals surface area (Å²) in [6.45, 7) is 5.82. The lowest BCUT2D eigenvalue weighted by molar-refractivity contribution is -0.138. The maximum absolute atomic E-state index is 11.6. The van der Waals surface area contributed by atoms with E-state index in [-0.39, 0.29) is 5.91 Å². The zero-order valence-electron chi connectivity index (χ0n) is 18.5. The minimum absolute atomic E-state index is 0.107. The lowest BCUT2D eigenvalue weighted by atomic mass is 10.1. The minimum atomic E-state index is -0.959. The van der Waals surface area contributed by atoms with Crippen molar-refractivity contribution in [3.8, 4) is 0 Å². The summed E-state index contributed by atoms with van der Waals surface area (Å²) in [5.74, 6) is -0.852. The minimum Gasteiger partial charge on any atom is -0.480 e. The van der Waals surface area contributed by atoms with E-state index < -0.39 is 12.0 Å².